The van der Waals surface area contributed by atoms with E-state index < -0.39 is 0 Å². The second-order valence-electron chi connectivity index (χ2n) is 6.43. The van der Waals surface area contributed by atoms with E-state index in [9.17, 15) is 9.59 Å². The Bertz CT molecular complexity index is 1220. The van der Waals surface area contributed by atoms with Crippen molar-refractivity contribution in [2.24, 2.45) is 0 Å². The number of carbonyl (C=O) groups excluding carboxylic acids is 1. The van der Waals surface area contributed by atoms with Gasteiger partial charge in [-0.25, -0.2) is 0 Å². The van der Waals surface area contributed by atoms with Gasteiger partial charge in [0.05, 0.1) is 5.75 Å². The number of nitrogens with one attached hydrogen (secondary N) is 2. The van der Waals surface area contributed by atoms with Crippen LogP contribution in [0.2, 0.25) is 0 Å². The van der Waals surface area contributed by atoms with Crippen LogP contribution in [0.5, 0.6) is 0 Å². The molecule has 0 bridgehead atoms. The maximum absolute atomic E-state index is 12.3. The van der Waals surface area contributed by atoms with Gasteiger partial charge in [-0.15, -0.1) is 10.2 Å². The highest BCUT2D eigenvalue weighted by molar-refractivity contribution is 7.99. The minimum Gasteiger partial charge on any atom is -0.325 e. The van der Waals surface area contributed by atoms with E-state index in [1.807, 2.05) is 61.5 Å². The second-order valence-corrected chi connectivity index (χ2v) is 7.38. The lowest BCUT2D eigenvalue weighted by Crippen LogP contribution is -2.19. The van der Waals surface area contributed by atoms with E-state index in [1.165, 1.54) is 16.3 Å². The molecule has 0 aliphatic carbocycles. The summed E-state index contributed by atoms with van der Waals surface area (Å²) in [5.74, 6) is 0.229. The van der Waals surface area contributed by atoms with Crippen molar-refractivity contribution < 1.29 is 4.79 Å². The van der Waals surface area contributed by atoms with Gasteiger partial charge in [-0.05, 0) is 24.1 Å². The van der Waals surface area contributed by atoms with Crippen molar-refractivity contribution in [1.29, 1.82) is 0 Å². The largest absolute Gasteiger partial charge is 0.325 e. The Morgan fingerprint density at radius 1 is 1.10 bits per heavy atom. The fourth-order valence-electron chi connectivity index (χ4n) is 2.80. The predicted octanol–water partition coefficient (Wildman–Crippen LogP) is 2.44. The van der Waals surface area contributed by atoms with Gasteiger partial charge in [0.2, 0.25) is 11.1 Å². The Kier molecular flexibility index (Phi) is 5.39. The molecule has 0 spiro atoms. The number of fused-ring (bicyclic) bond motifs is 1. The number of thioether (sulfide) groups is 1. The maximum atomic E-state index is 12.3. The van der Waals surface area contributed by atoms with Gasteiger partial charge in [-0.3, -0.25) is 14.6 Å². The third kappa shape index (κ3) is 4.35. The molecule has 0 radical (unpaired) electrons. The van der Waals surface area contributed by atoms with Crippen molar-refractivity contribution in [3.8, 4) is 0 Å². The highest BCUT2D eigenvalue weighted by Gasteiger charge is 2.14. The Labute approximate surface area is 170 Å². The van der Waals surface area contributed by atoms with E-state index in [-0.39, 0.29) is 23.0 Å². The monoisotopic (exact) mass is 406 g/mol. The quantitative estimate of drug-likeness (QED) is 0.477. The minimum atomic E-state index is -0.303. The van der Waals surface area contributed by atoms with Crippen molar-refractivity contribution in [3.05, 3.63) is 81.8 Å². The number of hydrogen-bond acceptors (Lipinski definition) is 6. The lowest BCUT2D eigenvalue weighted by Gasteiger charge is -2.07. The summed E-state index contributed by atoms with van der Waals surface area (Å²) in [7, 11) is 0. The summed E-state index contributed by atoms with van der Waals surface area (Å²) in [6, 6.07) is 17.2. The Morgan fingerprint density at radius 2 is 1.86 bits per heavy atom. The van der Waals surface area contributed by atoms with Crippen molar-refractivity contribution in [2.75, 3.05) is 11.1 Å². The lowest BCUT2D eigenvalue weighted by molar-refractivity contribution is -0.113. The van der Waals surface area contributed by atoms with Gasteiger partial charge >= 0.3 is 0 Å². The molecule has 4 rings (SSSR count). The number of rotatable bonds is 6. The minimum absolute atomic E-state index is 0.143. The third-order valence-corrected chi connectivity index (χ3v) is 5.21. The molecule has 1 amide bonds. The highest BCUT2D eigenvalue weighted by atomic mass is 32.2. The molecule has 8 nitrogen and oxygen atoms in total. The van der Waals surface area contributed by atoms with Gasteiger partial charge in [0.1, 0.15) is 5.69 Å². The number of hydrogen-bond donors (Lipinski definition) is 2. The normalized spacial score (nSPS) is 10.9. The molecule has 0 unspecified atom stereocenters. The number of aryl methyl sites for hydroxylation is 1. The summed E-state index contributed by atoms with van der Waals surface area (Å²) in [5.41, 5.74) is 2.79. The summed E-state index contributed by atoms with van der Waals surface area (Å²) in [5, 5.41) is 15.7. The zero-order chi connectivity index (χ0) is 20.2. The van der Waals surface area contributed by atoms with Crippen LogP contribution in [0.4, 0.5) is 5.69 Å². The van der Waals surface area contributed by atoms with E-state index in [4.69, 9.17) is 0 Å². The molecule has 2 aromatic heterocycles. The molecule has 2 heterocycles. The number of aromatic nitrogens is 5. The molecule has 29 heavy (non-hydrogen) atoms. The first kappa shape index (κ1) is 18.9. The maximum Gasteiger partial charge on any atom is 0.274 e. The van der Waals surface area contributed by atoms with Gasteiger partial charge in [0, 0.05) is 12.1 Å². The van der Waals surface area contributed by atoms with Crippen LogP contribution < -0.4 is 10.9 Å². The fourth-order valence-corrected chi connectivity index (χ4v) is 3.48. The average Bonchev–Trinajstić information content (AvgIpc) is 3.11. The van der Waals surface area contributed by atoms with Crippen LogP contribution in [-0.4, -0.2) is 36.5 Å². The lowest BCUT2D eigenvalue weighted by atomic mass is 10.1. The molecular formula is C20H18N6O2S. The van der Waals surface area contributed by atoms with E-state index >= 15 is 0 Å². The number of aromatic amines is 1. The second kappa shape index (κ2) is 8.27. The molecular weight excluding hydrogens is 388 g/mol. The highest BCUT2D eigenvalue weighted by Crippen LogP contribution is 2.17. The Hall–Kier alpha value is -3.46. The summed E-state index contributed by atoms with van der Waals surface area (Å²) in [4.78, 5) is 27.3. The van der Waals surface area contributed by atoms with E-state index in [0.29, 0.717) is 17.3 Å². The van der Waals surface area contributed by atoms with Crippen LogP contribution in [-0.2, 0) is 11.2 Å². The average molecular weight is 406 g/mol. The third-order valence-electron chi connectivity index (χ3n) is 4.29. The molecule has 0 saturated carbocycles. The Balaban J connectivity index is 1.50. The number of carbonyl (C=O) groups is 1. The van der Waals surface area contributed by atoms with Crippen molar-refractivity contribution in [2.45, 2.75) is 18.5 Å². The number of para-hydroxylation sites is 1. The van der Waals surface area contributed by atoms with Crippen LogP contribution >= 0.6 is 11.8 Å². The fraction of sp³-hybridized carbons (Fsp3) is 0.150. The number of nitrogens with zero attached hydrogens (tertiary/aromatic N) is 4. The Morgan fingerprint density at radius 3 is 2.66 bits per heavy atom. The first-order valence-electron chi connectivity index (χ1n) is 8.97. The molecule has 4 aromatic rings. The van der Waals surface area contributed by atoms with Gasteiger partial charge < -0.3 is 5.32 Å². The number of amides is 1. The summed E-state index contributed by atoms with van der Waals surface area (Å²) in [6.07, 6.45) is 0.391. The molecule has 2 aromatic carbocycles. The molecule has 9 heteroatoms. The first-order chi connectivity index (χ1) is 14.1. The zero-order valence-electron chi connectivity index (χ0n) is 15.6. The van der Waals surface area contributed by atoms with Crippen molar-refractivity contribution in [3.63, 3.8) is 0 Å². The predicted molar refractivity (Wildman–Crippen MR) is 111 cm³/mol. The molecule has 2 N–H and O–H groups in total. The topological polar surface area (TPSA) is 105 Å². The van der Waals surface area contributed by atoms with Crippen LogP contribution in [0.15, 0.2) is 64.5 Å². The summed E-state index contributed by atoms with van der Waals surface area (Å²) >= 11 is 1.20. The van der Waals surface area contributed by atoms with Crippen molar-refractivity contribution >= 4 is 29.1 Å². The molecule has 0 atom stereocenters. The van der Waals surface area contributed by atoms with E-state index in [1.54, 1.807) is 0 Å². The number of H-pyrrole nitrogens is 1. The van der Waals surface area contributed by atoms with Crippen molar-refractivity contribution in [1.82, 2.24) is 24.8 Å². The zero-order valence-corrected chi connectivity index (χ0v) is 16.4. The molecule has 0 fully saturated rings. The van der Waals surface area contributed by atoms with Gasteiger partial charge in [-0.1, -0.05) is 60.3 Å². The number of benzene rings is 2. The smallest absolute Gasteiger partial charge is 0.274 e. The SMILES string of the molecule is Cc1ccccc1NC(=O)CSc1nnc2[nH]c(=O)c(Cc3ccccc3)nn12. The van der Waals surface area contributed by atoms with Gasteiger partial charge in [0.25, 0.3) is 11.3 Å². The standard InChI is InChI=1S/C20H18N6O2S/c1-13-7-5-6-10-15(13)21-17(27)12-29-20-24-23-19-22-18(28)16(25-26(19)20)11-14-8-3-2-4-9-14/h2-10H,11-12H2,1H3,(H,21,27)(H,22,23,28). The molecule has 0 aliphatic rings. The number of anilines is 1. The molecule has 0 saturated heterocycles. The van der Waals surface area contributed by atoms with Gasteiger partial charge in [0.15, 0.2) is 0 Å². The van der Waals surface area contributed by atoms with E-state index in [2.05, 4.69) is 25.6 Å². The van der Waals surface area contributed by atoms with Crippen LogP contribution in [0.3, 0.4) is 0 Å². The molecule has 146 valence electrons. The van der Waals surface area contributed by atoms with E-state index in [0.717, 1.165) is 16.8 Å². The summed E-state index contributed by atoms with van der Waals surface area (Å²) < 4.78 is 1.46. The van der Waals surface area contributed by atoms with Crippen LogP contribution in [0.1, 0.15) is 16.8 Å². The van der Waals surface area contributed by atoms with Gasteiger partial charge in [-0.2, -0.15) is 9.61 Å². The molecule has 0 aliphatic heterocycles. The van der Waals surface area contributed by atoms with Crippen LogP contribution in [0.25, 0.3) is 5.78 Å². The summed E-state index contributed by atoms with van der Waals surface area (Å²) in [6.45, 7) is 1.93. The van der Waals surface area contributed by atoms with Crippen LogP contribution in [0, 0.1) is 6.92 Å². The first-order valence-corrected chi connectivity index (χ1v) is 9.95.